The quantitative estimate of drug-likeness (QED) is 0.621. The summed E-state index contributed by atoms with van der Waals surface area (Å²) in [6.07, 6.45) is 7.21. The molecule has 0 radical (unpaired) electrons. The molecular weight excluding hydrogens is 148 g/mol. The molecule has 0 amide bonds. The summed E-state index contributed by atoms with van der Waals surface area (Å²) in [5, 5.41) is 3.47. The molecule has 0 heterocycles. The van der Waals surface area contributed by atoms with Crippen LogP contribution in [0.15, 0.2) is 12.7 Å². The molecule has 0 saturated heterocycles. The Kier molecular flexibility index (Phi) is 4.33. The largest absolute Gasteiger partial charge is 0.330 e. The lowest BCUT2D eigenvalue weighted by molar-refractivity contribution is 0.275. The third-order valence-corrected chi connectivity index (χ3v) is 2.74. The first-order chi connectivity index (χ1) is 5.88. The fourth-order valence-corrected chi connectivity index (χ4v) is 1.99. The third kappa shape index (κ3) is 2.61. The minimum atomic E-state index is 0.641. The average Bonchev–Trinajstić information content (AvgIpc) is 2.15. The highest BCUT2D eigenvalue weighted by Gasteiger charge is 2.22. The zero-order chi connectivity index (χ0) is 8.81. The average molecular weight is 168 g/mol. The summed E-state index contributed by atoms with van der Waals surface area (Å²) in [5.41, 5.74) is 5.70. The fourth-order valence-electron chi connectivity index (χ4n) is 1.99. The van der Waals surface area contributed by atoms with Crippen molar-refractivity contribution in [2.75, 3.05) is 13.1 Å². The molecule has 70 valence electrons. The first-order valence-corrected chi connectivity index (χ1v) is 4.93. The number of nitrogens with two attached hydrogens (primary N) is 1. The second-order valence-electron chi connectivity index (χ2n) is 3.58. The van der Waals surface area contributed by atoms with Gasteiger partial charge in [-0.15, -0.1) is 6.58 Å². The maximum Gasteiger partial charge on any atom is 0.0135 e. The molecule has 1 fully saturated rings. The Morgan fingerprint density at radius 3 is 2.83 bits per heavy atom. The van der Waals surface area contributed by atoms with Crippen LogP contribution in [0.3, 0.4) is 0 Å². The van der Waals surface area contributed by atoms with E-state index in [1.165, 1.54) is 25.7 Å². The van der Waals surface area contributed by atoms with Crippen LogP contribution in [-0.4, -0.2) is 19.1 Å². The van der Waals surface area contributed by atoms with Crippen LogP contribution < -0.4 is 11.1 Å². The predicted molar refractivity (Wildman–Crippen MR) is 53.0 cm³/mol. The normalized spacial score (nSPS) is 30.1. The summed E-state index contributed by atoms with van der Waals surface area (Å²) in [6.45, 7) is 5.45. The molecule has 0 aliphatic heterocycles. The molecule has 1 aliphatic carbocycles. The van der Waals surface area contributed by atoms with Crippen LogP contribution in [0.5, 0.6) is 0 Å². The van der Waals surface area contributed by atoms with E-state index >= 15 is 0 Å². The first-order valence-electron chi connectivity index (χ1n) is 4.93. The number of nitrogens with one attached hydrogen (secondary N) is 1. The standard InChI is InChI=1S/C10H20N2/c1-2-7-12-10-6-4-3-5-9(10)8-11/h2,9-10,12H,1,3-8,11H2. The van der Waals surface area contributed by atoms with Crippen molar-refractivity contribution in [3.63, 3.8) is 0 Å². The third-order valence-electron chi connectivity index (χ3n) is 2.74. The van der Waals surface area contributed by atoms with E-state index in [1.807, 2.05) is 6.08 Å². The van der Waals surface area contributed by atoms with Crippen LogP contribution >= 0.6 is 0 Å². The Hall–Kier alpha value is -0.340. The summed E-state index contributed by atoms with van der Waals surface area (Å²) < 4.78 is 0. The van der Waals surface area contributed by atoms with Crippen LogP contribution in [0.2, 0.25) is 0 Å². The van der Waals surface area contributed by atoms with Gasteiger partial charge in [0.15, 0.2) is 0 Å². The molecule has 2 nitrogen and oxygen atoms in total. The molecule has 2 unspecified atom stereocenters. The summed E-state index contributed by atoms with van der Waals surface area (Å²) >= 11 is 0. The summed E-state index contributed by atoms with van der Waals surface area (Å²) in [4.78, 5) is 0. The van der Waals surface area contributed by atoms with E-state index in [4.69, 9.17) is 5.73 Å². The lowest BCUT2D eigenvalue weighted by Crippen LogP contribution is -2.41. The Bertz CT molecular complexity index is 134. The maximum atomic E-state index is 5.70. The number of hydrogen-bond donors (Lipinski definition) is 2. The molecular formula is C10H20N2. The van der Waals surface area contributed by atoms with Crippen molar-refractivity contribution in [1.29, 1.82) is 0 Å². The van der Waals surface area contributed by atoms with Crippen molar-refractivity contribution in [1.82, 2.24) is 5.32 Å². The molecule has 2 atom stereocenters. The van der Waals surface area contributed by atoms with Crippen LogP contribution in [0.1, 0.15) is 25.7 Å². The zero-order valence-corrected chi connectivity index (χ0v) is 7.76. The zero-order valence-electron chi connectivity index (χ0n) is 7.76. The van der Waals surface area contributed by atoms with Crippen LogP contribution in [-0.2, 0) is 0 Å². The van der Waals surface area contributed by atoms with Gasteiger partial charge in [-0.2, -0.15) is 0 Å². The number of rotatable bonds is 4. The second kappa shape index (κ2) is 5.33. The van der Waals surface area contributed by atoms with Crippen molar-refractivity contribution in [3.8, 4) is 0 Å². The smallest absolute Gasteiger partial charge is 0.0135 e. The Morgan fingerprint density at radius 1 is 1.42 bits per heavy atom. The minimum Gasteiger partial charge on any atom is -0.330 e. The van der Waals surface area contributed by atoms with Gasteiger partial charge in [0.25, 0.3) is 0 Å². The fraction of sp³-hybridized carbons (Fsp3) is 0.800. The van der Waals surface area contributed by atoms with E-state index in [9.17, 15) is 0 Å². The molecule has 1 aliphatic rings. The van der Waals surface area contributed by atoms with Gasteiger partial charge in [0.05, 0.1) is 0 Å². The molecule has 2 heteroatoms. The molecule has 1 saturated carbocycles. The van der Waals surface area contributed by atoms with Gasteiger partial charge < -0.3 is 11.1 Å². The molecule has 0 bridgehead atoms. The van der Waals surface area contributed by atoms with Gasteiger partial charge in [0.1, 0.15) is 0 Å². The van der Waals surface area contributed by atoms with Crippen LogP contribution in [0.25, 0.3) is 0 Å². The monoisotopic (exact) mass is 168 g/mol. The predicted octanol–water partition coefficient (Wildman–Crippen LogP) is 1.28. The molecule has 0 spiro atoms. The van der Waals surface area contributed by atoms with Gasteiger partial charge in [0.2, 0.25) is 0 Å². The van der Waals surface area contributed by atoms with E-state index < -0.39 is 0 Å². The molecule has 0 aromatic carbocycles. The SMILES string of the molecule is C=CCNC1CCCCC1CN. The van der Waals surface area contributed by atoms with Gasteiger partial charge in [-0.05, 0) is 25.3 Å². The van der Waals surface area contributed by atoms with Gasteiger partial charge in [-0.1, -0.05) is 18.9 Å². The topological polar surface area (TPSA) is 38.0 Å². The van der Waals surface area contributed by atoms with Crippen LogP contribution in [0, 0.1) is 5.92 Å². The van der Waals surface area contributed by atoms with Crippen molar-refractivity contribution < 1.29 is 0 Å². The van der Waals surface area contributed by atoms with E-state index in [0.29, 0.717) is 12.0 Å². The Morgan fingerprint density at radius 2 is 2.17 bits per heavy atom. The van der Waals surface area contributed by atoms with E-state index in [1.54, 1.807) is 0 Å². The molecule has 3 N–H and O–H groups in total. The Labute approximate surface area is 75.2 Å². The van der Waals surface area contributed by atoms with Crippen molar-refractivity contribution in [3.05, 3.63) is 12.7 Å². The second-order valence-corrected chi connectivity index (χ2v) is 3.58. The lowest BCUT2D eigenvalue weighted by atomic mass is 9.84. The van der Waals surface area contributed by atoms with Crippen molar-refractivity contribution >= 4 is 0 Å². The van der Waals surface area contributed by atoms with E-state index in [0.717, 1.165) is 13.1 Å². The molecule has 12 heavy (non-hydrogen) atoms. The summed E-state index contributed by atoms with van der Waals surface area (Å²) in [6, 6.07) is 0.641. The number of hydrogen-bond acceptors (Lipinski definition) is 2. The van der Waals surface area contributed by atoms with Gasteiger partial charge in [-0.25, -0.2) is 0 Å². The lowest BCUT2D eigenvalue weighted by Gasteiger charge is -2.31. The molecule has 0 aromatic rings. The van der Waals surface area contributed by atoms with E-state index in [2.05, 4.69) is 11.9 Å². The highest BCUT2D eigenvalue weighted by atomic mass is 14.9. The minimum absolute atomic E-state index is 0.641. The Balaban J connectivity index is 2.30. The highest BCUT2D eigenvalue weighted by molar-refractivity contribution is 4.84. The van der Waals surface area contributed by atoms with Gasteiger partial charge in [-0.3, -0.25) is 0 Å². The van der Waals surface area contributed by atoms with Crippen molar-refractivity contribution in [2.24, 2.45) is 11.7 Å². The highest BCUT2D eigenvalue weighted by Crippen LogP contribution is 2.23. The summed E-state index contributed by atoms with van der Waals surface area (Å²) in [5.74, 6) is 0.693. The van der Waals surface area contributed by atoms with Crippen molar-refractivity contribution in [2.45, 2.75) is 31.7 Å². The van der Waals surface area contributed by atoms with E-state index in [-0.39, 0.29) is 0 Å². The molecule has 0 aromatic heterocycles. The maximum absolute atomic E-state index is 5.70. The van der Waals surface area contributed by atoms with Gasteiger partial charge in [0, 0.05) is 12.6 Å². The van der Waals surface area contributed by atoms with Gasteiger partial charge >= 0.3 is 0 Å². The first kappa shape index (κ1) is 9.75. The van der Waals surface area contributed by atoms with Crippen LogP contribution in [0.4, 0.5) is 0 Å². The summed E-state index contributed by atoms with van der Waals surface area (Å²) in [7, 11) is 0. The molecule has 1 rings (SSSR count).